The zero-order chi connectivity index (χ0) is 13.0. The Morgan fingerprint density at radius 3 is 2.94 bits per heavy atom. The van der Waals surface area contributed by atoms with Crippen molar-refractivity contribution in [1.29, 1.82) is 0 Å². The summed E-state index contributed by atoms with van der Waals surface area (Å²) in [5.74, 6) is -0.356. The summed E-state index contributed by atoms with van der Waals surface area (Å²) >= 11 is 3.14. The van der Waals surface area contributed by atoms with Gasteiger partial charge in [-0.1, -0.05) is 6.07 Å². The Hall–Kier alpha value is -1.62. The fourth-order valence-corrected chi connectivity index (χ4v) is 1.95. The summed E-state index contributed by atoms with van der Waals surface area (Å²) in [6, 6.07) is 6.86. The van der Waals surface area contributed by atoms with Crippen LogP contribution in [0.4, 0.5) is 15.8 Å². The summed E-state index contributed by atoms with van der Waals surface area (Å²) in [4.78, 5) is 4.04. The molecule has 3 N–H and O–H groups in total. The van der Waals surface area contributed by atoms with Crippen LogP contribution in [0.15, 0.2) is 41.1 Å². The van der Waals surface area contributed by atoms with Crippen LogP contribution >= 0.6 is 15.9 Å². The predicted octanol–water partition coefficient (Wildman–Crippen LogP) is 3.22. The predicted molar refractivity (Wildman–Crippen MR) is 74.9 cm³/mol. The molecule has 0 aliphatic rings. The fourth-order valence-electron chi connectivity index (χ4n) is 1.60. The van der Waals surface area contributed by atoms with Crippen LogP contribution in [0.3, 0.4) is 0 Å². The molecule has 0 aliphatic carbocycles. The molecule has 0 radical (unpaired) electrons. The zero-order valence-corrected chi connectivity index (χ0v) is 11.2. The van der Waals surface area contributed by atoms with E-state index in [-0.39, 0.29) is 5.82 Å². The second-order valence-corrected chi connectivity index (χ2v) is 4.75. The molecule has 0 atom stereocenters. The second-order valence-electron chi connectivity index (χ2n) is 3.89. The van der Waals surface area contributed by atoms with E-state index in [1.807, 2.05) is 18.3 Å². The summed E-state index contributed by atoms with van der Waals surface area (Å²) in [6.45, 7) is 0.716. The minimum absolute atomic E-state index is 0.356. The van der Waals surface area contributed by atoms with Gasteiger partial charge in [0, 0.05) is 25.0 Å². The first-order valence-corrected chi connectivity index (χ1v) is 6.33. The lowest BCUT2D eigenvalue weighted by Crippen LogP contribution is -2.07. The van der Waals surface area contributed by atoms with Crippen molar-refractivity contribution in [2.24, 2.45) is 0 Å². The highest BCUT2D eigenvalue weighted by Gasteiger charge is 2.05. The summed E-state index contributed by atoms with van der Waals surface area (Å²) < 4.78 is 13.6. The van der Waals surface area contributed by atoms with Crippen molar-refractivity contribution in [3.05, 3.63) is 52.5 Å². The first kappa shape index (κ1) is 12.8. The highest BCUT2D eigenvalue weighted by Crippen LogP contribution is 2.26. The molecule has 0 fully saturated rings. The van der Waals surface area contributed by atoms with E-state index in [4.69, 9.17) is 5.73 Å². The highest BCUT2D eigenvalue weighted by molar-refractivity contribution is 9.10. The molecular formula is C13H13BrFN3. The minimum atomic E-state index is -0.356. The molecule has 0 unspecified atom stereocenters. The number of pyridine rings is 1. The topological polar surface area (TPSA) is 50.9 Å². The van der Waals surface area contributed by atoms with Crippen molar-refractivity contribution in [3.63, 3.8) is 0 Å². The lowest BCUT2D eigenvalue weighted by Gasteiger charge is -2.10. The molecule has 3 nitrogen and oxygen atoms in total. The molecule has 0 aliphatic heterocycles. The maximum absolute atomic E-state index is 13.2. The summed E-state index contributed by atoms with van der Waals surface area (Å²) in [6.07, 6.45) is 4.40. The monoisotopic (exact) mass is 309 g/mol. The molecule has 2 aromatic rings. The van der Waals surface area contributed by atoms with Crippen LogP contribution in [0, 0.1) is 5.82 Å². The number of nitrogen functional groups attached to an aromatic ring is 1. The van der Waals surface area contributed by atoms with Crippen LogP contribution in [0.25, 0.3) is 0 Å². The Bertz CT molecular complexity index is 531. The quantitative estimate of drug-likeness (QED) is 0.853. The maximum Gasteiger partial charge on any atom is 0.139 e. The molecule has 1 heterocycles. The number of hydrogen-bond donors (Lipinski definition) is 2. The van der Waals surface area contributed by atoms with Crippen molar-refractivity contribution in [3.8, 4) is 0 Å². The average molecular weight is 310 g/mol. The van der Waals surface area contributed by atoms with E-state index >= 15 is 0 Å². The Morgan fingerprint density at radius 2 is 2.22 bits per heavy atom. The van der Waals surface area contributed by atoms with E-state index in [2.05, 4.69) is 26.2 Å². The number of halogens is 2. The smallest absolute Gasteiger partial charge is 0.139 e. The molecular weight excluding hydrogens is 297 g/mol. The number of nitrogens with one attached hydrogen (secondary N) is 1. The standard InChI is InChI=1S/C13H13BrFN3/c14-10-6-13(12(16)7-11(10)15)18-5-3-9-2-1-4-17-8-9/h1-2,4,6-8,18H,3,5,16H2. The van der Waals surface area contributed by atoms with Gasteiger partial charge >= 0.3 is 0 Å². The largest absolute Gasteiger partial charge is 0.397 e. The molecule has 1 aromatic carbocycles. The first-order valence-electron chi connectivity index (χ1n) is 5.54. The third-order valence-corrected chi connectivity index (χ3v) is 3.15. The third kappa shape index (κ3) is 3.20. The molecule has 0 saturated heterocycles. The molecule has 0 spiro atoms. The number of aromatic nitrogens is 1. The van der Waals surface area contributed by atoms with E-state index in [1.54, 1.807) is 12.3 Å². The molecule has 0 amide bonds. The number of hydrogen-bond acceptors (Lipinski definition) is 3. The van der Waals surface area contributed by atoms with Crippen LogP contribution in [0.2, 0.25) is 0 Å². The third-order valence-electron chi connectivity index (χ3n) is 2.54. The molecule has 1 aromatic heterocycles. The van der Waals surface area contributed by atoms with Gasteiger partial charge in [0.1, 0.15) is 5.82 Å². The normalized spacial score (nSPS) is 10.3. The van der Waals surface area contributed by atoms with Gasteiger partial charge in [-0.3, -0.25) is 4.98 Å². The Morgan fingerprint density at radius 1 is 1.39 bits per heavy atom. The van der Waals surface area contributed by atoms with Gasteiger partial charge in [-0.05, 0) is 40.0 Å². The maximum atomic E-state index is 13.2. The van der Waals surface area contributed by atoms with Crippen LogP contribution in [-0.2, 0) is 6.42 Å². The van der Waals surface area contributed by atoms with Gasteiger partial charge < -0.3 is 11.1 Å². The highest BCUT2D eigenvalue weighted by atomic mass is 79.9. The van der Waals surface area contributed by atoms with Gasteiger partial charge in [-0.25, -0.2) is 4.39 Å². The number of benzene rings is 1. The second kappa shape index (κ2) is 5.82. The first-order chi connectivity index (χ1) is 8.66. The summed E-state index contributed by atoms with van der Waals surface area (Å²) in [5, 5.41) is 3.18. The summed E-state index contributed by atoms with van der Waals surface area (Å²) in [5.41, 5.74) is 8.01. The lowest BCUT2D eigenvalue weighted by atomic mass is 10.2. The van der Waals surface area contributed by atoms with Gasteiger partial charge in [-0.2, -0.15) is 0 Å². The molecule has 0 saturated carbocycles. The van der Waals surface area contributed by atoms with E-state index in [0.717, 1.165) is 17.7 Å². The minimum Gasteiger partial charge on any atom is -0.397 e. The van der Waals surface area contributed by atoms with Gasteiger partial charge in [0.2, 0.25) is 0 Å². The van der Waals surface area contributed by atoms with Gasteiger partial charge in [0.15, 0.2) is 0 Å². The number of rotatable bonds is 4. The number of nitrogens with zero attached hydrogens (tertiary/aromatic N) is 1. The van der Waals surface area contributed by atoms with Gasteiger partial charge in [0.25, 0.3) is 0 Å². The van der Waals surface area contributed by atoms with Crippen molar-refractivity contribution >= 4 is 27.3 Å². The van der Waals surface area contributed by atoms with Gasteiger partial charge in [0.05, 0.1) is 15.8 Å². The number of anilines is 2. The SMILES string of the molecule is Nc1cc(F)c(Br)cc1NCCc1cccnc1. The summed E-state index contributed by atoms with van der Waals surface area (Å²) in [7, 11) is 0. The van der Waals surface area contributed by atoms with E-state index in [0.29, 0.717) is 16.7 Å². The van der Waals surface area contributed by atoms with E-state index in [1.165, 1.54) is 6.07 Å². The van der Waals surface area contributed by atoms with Crippen molar-refractivity contribution < 1.29 is 4.39 Å². The van der Waals surface area contributed by atoms with E-state index in [9.17, 15) is 4.39 Å². The van der Waals surface area contributed by atoms with E-state index < -0.39 is 0 Å². The van der Waals surface area contributed by atoms with Crippen LogP contribution in [-0.4, -0.2) is 11.5 Å². The molecule has 5 heteroatoms. The van der Waals surface area contributed by atoms with Crippen LogP contribution in [0.1, 0.15) is 5.56 Å². The average Bonchev–Trinajstić information content (AvgIpc) is 2.37. The molecule has 94 valence electrons. The zero-order valence-electron chi connectivity index (χ0n) is 9.66. The molecule has 18 heavy (non-hydrogen) atoms. The lowest BCUT2D eigenvalue weighted by molar-refractivity contribution is 0.622. The van der Waals surface area contributed by atoms with Crippen LogP contribution in [0.5, 0.6) is 0 Å². The van der Waals surface area contributed by atoms with Crippen molar-refractivity contribution in [1.82, 2.24) is 4.98 Å². The van der Waals surface area contributed by atoms with Crippen molar-refractivity contribution in [2.75, 3.05) is 17.6 Å². The van der Waals surface area contributed by atoms with Crippen LogP contribution < -0.4 is 11.1 Å². The Labute approximate surface area is 113 Å². The Kier molecular flexibility index (Phi) is 4.15. The van der Waals surface area contributed by atoms with Gasteiger partial charge in [-0.15, -0.1) is 0 Å². The fraction of sp³-hybridized carbons (Fsp3) is 0.154. The Balaban J connectivity index is 1.97. The molecule has 2 rings (SSSR count). The number of nitrogens with two attached hydrogens (primary N) is 1. The van der Waals surface area contributed by atoms with Crippen molar-refractivity contribution in [2.45, 2.75) is 6.42 Å². The molecule has 0 bridgehead atoms.